The molecule has 0 unspecified atom stereocenters. The molecule has 1 aliphatic carbocycles. The van der Waals surface area contributed by atoms with Crippen LogP contribution in [0.15, 0.2) is 62.2 Å². The monoisotopic (exact) mass is 592 g/mol. The highest BCUT2D eigenvalue weighted by Crippen LogP contribution is 2.42. The van der Waals surface area contributed by atoms with Crippen LogP contribution in [0.4, 0.5) is 0 Å². The number of hydrogen-bond acceptors (Lipinski definition) is 4. The van der Waals surface area contributed by atoms with Crippen molar-refractivity contribution in [3.63, 3.8) is 0 Å². The van der Waals surface area contributed by atoms with Gasteiger partial charge < -0.3 is 10.6 Å². The van der Waals surface area contributed by atoms with E-state index in [1.54, 1.807) is 24.8 Å². The van der Waals surface area contributed by atoms with Crippen molar-refractivity contribution in [2.24, 2.45) is 10.8 Å². The van der Waals surface area contributed by atoms with Gasteiger partial charge in [-0.25, -0.2) is 0 Å². The van der Waals surface area contributed by atoms with Gasteiger partial charge in [-0.2, -0.15) is 0 Å². The topological polar surface area (TPSA) is 49.8 Å². The van der Waals surface area contributed by atoms with Gasteiger partial charge in [-0.05, 0) is 73.3 Å². The summed E-state index contributed by atoms with van der Waals surface area (Å²) in [4.78, 5) is 7.99. The van der Waals surface area contributed by atoms with E-state index >= 15 is 0 Å². The Bertz CT molecular complexity index is 1110. The first-order valence-electron chi connectivity index (χ1n) is 13.2. The molecule has 2 aromatic rings. The van der Waals surface area contributed by atoms with Gasteiger partial charge in [0.25, 0.3) is 0 Å². The minimum Gasteiger partial charge on any atom is -0.313 e. The Labute approximate surface area is 246 Å². The number of aromatic nitrogens is 2. The lowest BCUT2D eigenvalue weighted by Crippen LogP contribution is -2.24. The van der Waals surface area contributed by atoms with Gasteiger partial charge in [0, 0.05) is 50.0 Å². The molecule has 204 valence electrons. The second kappa shape index (κ2) is 13.3. The van der Waals surface area contributed by atoms with Crippen molar-refractivity contribution in [2.45, 2.75) is 63.5 Å². The van der Waals surface area contributed by atoms with Crippen molar-refractivity contribution >= 4 is 46.4 Å². The summed E-state index contributed by atoms with van der Waals surface area (Å²) < 4.78 is 0. The second-order valence-corrected chi connectivity index (χ2v) is 12.6. The van der Waals surface area contributed by atoms with Crippen LogP contribution in [0.3, 0.4) is 0 Å². The van der Waals surface area contributed by atoms with E-state index in [1.165, 1.54) is 19.3 Å². The molecule has 8 heteroatoms. The lowest BCUT2D eigenvalue weighted by Gasteiger charge is -2.25. The normalized spacial score (nSPS) is 22.8. The van der Waals surface area contributed by atoms with E-state index in [4.69, 9.17) is 46.4 Å². The van der Waals surface area contributed by atoms with Gasteiger partial charge in [0.2, 0.25) is 0 Å². The molecule has 0 radical (unpaired) electrons. The van der Waals surface area contributed by atoms with Gasteiger partial charge >= 0.3 is 0 Å². The SMILES string of the molecule is C=CCC1(CC=C)CN[C@@H](Cc2c(Cl)cncc2Cl)C1.Clc1cncc(Cl)c1C[C@H]1CC2(CC=CC2)CN1. The van der Waals surface area contributed by atoms with Crippen molar-refractivity contribution < 1.29 is 0 Å². The van der Waals surface area contributed by atoms with Gasteiger partial charge in [0.1, 0.15) is 0 Å². The van der Waals surface area contributed by atoms with Crippen LogP contribution >= 0.6 is 46.4 Å². The van der Waals surface area contributed by atoms with Gasteiger partial charge in [-0.1, -0.05) is 70.7 Å². The van der Waals surface area contributed by atoms with E-state index < -0.39 is 0 Å². The third kappa shape index (κ3) is 7.21. The summed E-state index contributed by atoms with van der Waals surface area (Å²) in [5.41, 5.74) is 2.69. The molecule has 5 rings (SSSR count). The maximum atomic E-state index is 6.19. The highest BCUT2D eigenvalue weighted by Gasteiger charge is 2.39. The largest absolute Gasteiger partial charge is 0.313 e. The molecule has 2 atom stereocenters. The smallest absolute Gasteiger partial charge is 0.0636 e. The first-order chi connectivity index (χ1) is 18.3. The van der Waals surface area contributed by atoms with Crippen LogP contribution < -0.4 is 10.6 Å². The van der Waals surface area contributed by atoms with Crippen LogP contribution in [0.25, 0.3) is 0 Å². The number of hydrogen-bond donors (Lipinski definition) is 2. The van der Waals surface area contributed by atoms with Gasteiger partial charge in [0.05, 0.1) is 20.1 Å². The molecule has 1 spiro atoms. The van der Waals surface area contributed by atoms with E-state index in [2.05, 4.69) is 45.9 Å². The highest BCUT2D eigenvalue weighted by atomic mass is 35.5. The molecule has 2 fully saturated rings. The van der Waals surface area contributed by atoms with E-state index in [0.717, 1.165) is 56.3 Å². The highest BCUT2D eigenvalue weighted by molar-refractivity contribution is 6.36. The van der Waals surface area contributed by atoms with Crippen LogP contribution in [0.2, 0.25) is 20.1 Å². The molecule has 0 aromatic carbocycles. The molecule has 2 aliphatic heterocycles. The molecule has 3 aliphatic rings. The van der Waals surface area contributed by atoms with Crippen LogP contribution in [-0.2, 0) is 12.8 Å². The second-order valence-electron chi connectivity index (χ2n) is 11.0. The molecule has 2 saturated heterocycles. The zero-order chi connectivity index (χ0) is 27.2. The zero-order valence-corrected chi connectivity index (χ0v) is 24.7. The zero-order valence-electron chi connectivity index (χ0n) is 21.7. The fraction of sp³-hybridized carbons (Fsp3) is 0.467. The maximum Gasteiger partial charge on any atom is 0.0636 e. The third-order valence-corrected chi connectivity index (χ3v) is 9.42. The molecule has 38 heavy (non-hydrogen) atoms. The summed E-state index contributed by atoms with van der Waals surface area (Å²) in [5.74, 6) is 0. The molecular formula is C30H36Cl4N4. The summed E-state index contributed by atoms with van der Waals surface area (Å²) in [7, 11) is 0. The average Bonchev–Trinajstić information content (AvgIpc) is 3.61. The van der Waals surface area contributed by atoms with Crippen molar-refractivity contribution in [2.75, 3.05) is 13.1 Å². The number of nitrogens with zero attached hydrogens (tertiary/aromatic N) is 2. The minimum absolute atomic E-state index is 0.236. The van der Waals surface area contributed by atoms with E-state index in [1.807, 2.05) is 12.2 Å². The Morgan fingerprint density at radius 1 is 0.737 bits per heavy atom. The molecule has 4 heterocycles. The Balaban J connectivity index is 0.000000178. The fourth-order valence-electron chi connectivity index (χ4n) is 6.17. The lowest BCUT2D eigenvalue weighted by atomic mass is 9.78. The number of pyridine rings is 2. The quantitative estimate of drug-likeness (QED) is 0.304. The lowest BCUT2D eigenvalue weighted by molar-refractivity contribution is 0.324. The Hall–Kier alpha value is -1.40. The van der Waals surface area contributed by atoms with E-state index in [9.17, 15) is 0 Å². The first kappa shape index (κ1) is 29.6. The summed E-state index contributed by atoms with van der Waals surface area (Å²) in [6.45, 7) is 9.84. The van der Waals surface area contributed by atoms with E-state index in [-0.39, 0.29) is 5.41 Å². The summed E-state index contributed by atoms with van der Waals surface area (Å²) >= 11 is 24.7. The van der Waals surface area contributed by atoms with Crippen LogP contribution in [0.5, 0.6) is 0 Å². The number of rotatable bonds is 8. The molecule has 2 aromatic heterocycles. The Morgan fingerprint density at radius 2 is 1.18 bits per heavy atom. The number of halogens is 4. The predicted octanol–water partition coefficient (Wildman–Crippen LogP) is 8.06. The van der Waals surface area contributed by atoms with Gasteiger partial charge in [0.15, 0.2) is 0 Å². The Kier molecular flexibility index (Phi) is 10.4. The predicted molar refractivity (Wildman–Crippen MR) is 162 cm³/mol. The van der Waals surface area contributed by atoms with Crippen molar-refractivity contribution in [1.29, 1.82) is 0 Å². The average molecular weight is 594 g/mol. The number of allylic oxidation sites excluding steroid dienone is 4. The standard InChI is InChI=1S/C16H20Cl2N2.C14H16Cl2N2/c1-3-5-16(6-4-2)8-12(20-11-16)7-13-14(17)9-19-10-15(13)18;15-12-7-17-8-13(16)11(12)5-10-6-14(9-18-10)3-1-2-4-14/h3-4,9-10,12,20H,1-2,5-8,11H2;1-2,7-8,10,18H,3-6,9H2/t12-;10-/m00/s1. The van der Waals surface area contributed by atoms with Gasteiger partial charge in [-0.3, -0.25) is 9.97 Å². The molecule has 4 nitrogen and oxygen atoms in total. The molecular weight excluding hydrogens is 558 g/mol. The van der Waals surface area contributed by atoms with Crippen LogP contribution in [0.1, 0.15) is 49.7 Å². The number of nitrogens with one attached hydrogen (secondary N) is 2. The van der Waals surface area contributed by atoms with Crippen LogP contribution in [0, 0.1) is 10.8 Å². The fourth-order valence-corrected chi connectivity index (χ4v) is 7.21. The van der Waals surface area contributed by atoms with Crippen molar-refractivity contribution in [1.82, 2.24) is 20.6 Å². The third-order valence-electron chi connectivity index (χ3n) is 8.12. The minimum atomic E-state index is 0.236. The summed E-state index contributed by atoms with van der Waals surface area (Å²) in [6, 6.07) is 0.856. The molecule has 0 bridgehead atoms. The van der Waals surface area contributed by atoms with Gasteiger partial charge in [-0.15, -0.1) is 13.2 Å². The maximum absolute atomic E-state index is 6.19. The van der Waals surface area contributed by atoms with E-state index in [0.29, 0.717) is 37.6 Å². The summed E-state index contributed by atoms with van der Waals surface area (Å²) in [5, 5.41) is 9.84. The van der Waals surface area contributed by atoms with Crippen LogP contribution in [-0.4, -0.2) is 35.1 Å². The molecule has 0 amide bonds. The van der Waals surface area contributed by atoms with Crippen molar-refractivity contribution in [3.8, 4) is 0 Å². The molecule has 0 saturated carbocycles. The first-order valence-corrected chi connectivity index (χ1v) is 14.7. The van der Waals surface area contributed by atoms with Crippen molar-refractivity contribution in [3.05, 3.63) is 93.5 Å². The molecule has 2 N–H and O–H groups in total. The summed E-state index contributed by atoms with van der Waals surface area (Å²) in [6.07, 6.45) is 23.7. The Morgan fingerprint density at radius 3 is 1.66 bits per heavy atom.